The largest absolute Gasteiger partial charge is 0.461 e. The van der Waals surface area contributed by atoms with Crippen molar-refractivity contribution in [2.24, 2.45) is 5.92 Å². The summed E-state index contributed by atoms with van der Waals surface area (Å²) in [7, 11) is 3.37. The van der Waals surface area contributed by atoms with Gasteiger partial charge in [-0.2, -0.15) is 23.1 Å². The topological polar surface area (TPSA) is 113 Å². The molecule has 2 bridgehead atoms. The SMILES string of the molecule is CC1CC(F)=c2sc(N)nc2=C1c1c(C(F)(F)F)cc2c(N3[C@H]4CC[C@H]3C(NCCC(=O)N(C)C)C4)nc(OC[C@@]34CCCN3C[C@H](F)C4)nc2c1F. The Morgan fingerprint density at radius 1 is 1.21 bits per heavy atom. The van der Waals surface area contributed by atoms with E-state index in [4.69, 9.17) is 15.5 Å². The summed E-state index contributed by atoms with van der Waals surface area (Å²) < 4.78 is 98.7. The van der Waals surface area contributed by atoms with Crippen molar-refractivity contribution in [3.05, 3.63) is 32.9 Å². The molecule has 3 aromatic rings. The molecule has 1 aromatic carbocycles. The fraction of sp³-hybridized carbons (Fsp3) is 0.611. The van der Waals surface area contributed by atoms with Gasteiger partial charge in [0.15, 0.2) is 10.9 Å². The number of fused-ring (bicyclic) bond motifs is 5. The van der Waals surface area contributed by atoms with Crippen molar-refractivity contribution < 1.29 is 35.9 Å². The van der Waals surface area contributed by atoms with Gasteiger partial charge in [0.2, 0.25) is 5.91 Å². The zero-order chi connectivity index (χ0) is 37.6. The number of hydrogen-bond acceptors (Lipinski definition) is 10. The Morgan fingerprint density at radius 2 is 2.00 bits per heavy atom. The molecule has 3 N–H and O–H groups in total. The van der Waals surface area contributed by atoms with Crippen LogP contribution in [-0.4, -0.2) is 101 Å². The number of hydrogen-bond donors (Lipinski definition) is 2. The second kappa shape index (κ2) is 13.3. The maximum absolute atomic E-state index is 17.3. The molecular weight excluding hydrogens is 723 g/mol. The third kappa shape index (κ3) is 6.19. The monoisotopic (exact) mass is 764 g/mol. The van der Waals surface area contributed by atoms with Crippen molar-refractivity contribution in [2.45, 2.75) is 94.3 Å². The van der Waals surface area contributed by atoms with Crippen molar-refractivity contribution in [1.29, 1.82) is 0 Å². The number of nitrogen functional groups attached to an aromatic ring is 1. The summed E-state index contributed by atoms with van der Waals surface area (Å²) in [6, 6.07) is 0.272. The van der Waals surface area contributed by atoms with Crippen LogP contribution in [0.3, 0.4) is 0 Å². The molecule has 4 aliphatic heterocycles. The van der Waals surface area contributed by atoms with Gasteiger partial charge in [0.05, 0.1) is 21.0 Å². The predicted molar refractivity (Wildman–Crippen MR) is 189 cm³/mol. The minimum absolute atomic E-state index is 0.0156. The molecule has 0 saturated carbocycles. The van der Waals surface area contributed by atoms with E-state index < -0.39 is 46.6 Å². The number of halogens is 6. The number of benzene rings is 1. The molecule has 5 aliphatic rings. The quantitative estimate of drug-likeness (QED) is 0.309. The van der Waals surface area contributed by atoms with Crippen LogP contribution in [0.25, 0.3) is 22.3 Å². The number of aromatic nitrogens is 3. The average molecular weight is 765 g/mol. The molecule has 2 unspecified atom stereocenters. The summed E-state index contributed by atoms with van der Waals surface area (Å²) in [4.78, 5) is 31.1. The Morgan fingerprint density at radius 3 is 2.75 bits per heavy atom. The number of thiazole rings is 1. The Kier molecular flexibility index (Phi) is 9.07. The van der Waals surface area contributed by atoms with Crippen LogP contribution in [0.4, 0.5) is 37.3 Å². The maximum Gasteiger partial charge on any atom is 0.417 e. The number of amides is 1. The van der Waals surface area contributed by atoms with Crippen LogP contribution in [0.5, 0.6) is 6.01 Å². The Balaban J connectivity index is 1.28. The molecule has 4 saturated heterocycles. The van der Waals surface area contributed by atoms with Crippen molar-refractivity contribution in [3.8, 4) is 6.01 Å². The molecule has 6 heterocycles. The molecule has 4 fully saturated rings. The van der Waals surface area contributed by atoms with Crippen LogP contribution in [0, 0.1) is 11.7 Å². The lowest BCUT2D eigenvalue weighted by Crippen LogP contribution is -2.43. The molecule has 8 rings (SSSR count). The van der Waals surface area contributed by atoms with Gasteiger partial charge in [-0.15, -0.1) is 0 Å². The third-order valence-corrected chi connectivity index (χ3v) is 12.8. The molecule has 6 atom stereocenters. The van der Waals surface area contributed by atoms with Gasteiger partial charge < -0.3 is 25.6 Å². The number of nitrogens with one attached hydrogen (secondary N) is 1. The van der Waals surface area contributed by atoms with Gasteiger partial charge in [-0.25, -0.2) is 18.2 Å². The van der Waals surface area contributed by atoms with E-state index >= 15 is 22.0 Å². The maximum atomic E-state index is 17.3. The highest BCUT2D eigenvalue weighted by Gasteiger charge is 2.51. The standard InChI is InChI=1S/C36H42F6N8O2S/c1-17-11-22(38)31-30(45-33(43)53-31)26(17)27-21(36(40,41)42)13-20-29(28(27)39)46-34(52-16-35-8-4-10-49(35)15-18(37)14-35)47-32(20)50-19-5-6-24(50)23(12-19)44-9-7-25(51)48(2)3/h13,17-19,23-24,44H,4-12,14-16H2,1-3H3,(H2,43,45)/t17?,18-,19+,23?,24+,35+/m1/s1. The van der Waals surface area contributed by atoms with E-state index in [2.05, 4.69) is 20.2 Å². The zero-order valence-electron chi connectivity index (χ0n) is 29.7. The summed E-state index contributed by atoms with van der Waals surface area (Å²) in [6.07, 6.45) is -2.08. The normalized spacial score (nSPS) is 28.3. The predicted octanol–water partition coefficient (Wildman–Crippen LogP) is 4.28. The fourth-order valence-electron chi connectivity index (χ4n) is 9.48. The lowest BCUT2D eigenvalue weighted by molar-refractivity contribution is -0.138. The van der Waals surface area contributed by atoms with Gasteiger partial charge in [0, 0.05) is 75.5 Å². The molecule has 1 amide bonds. The number of nitrogens with zero attached hydrogens (tertiary/aromatic N) is 6. The van der Waals surface area contributed by atoms with E-state index in [9.17, 15) is 9.18 Å². The lowest BCUT2D eigenvalue weighted by Gasteiger charge is -2.31. The van der Waals surface area contributed by atoms with Crippen molar-refractivity contribution in [1.82, 2.24) is 30.1 Å². The van der Waals surface area contributed by atoms with E-state index in [1.165, 1.54) is 11.8 Å². The van der Waals surface area contributed by atoms with Crippen molar-refractivity contribution >= 4 is 50.5 Å². The second-order valence-corrected chi connectivity index (χ2v) is 16.4. The Labute approximate surface area is 306 Å². The number of carbonyl (C=O) groups is 1. The van der Waals surface area contributed by atoms with Crippen LogP contribution in [0.2, 0.25) is 0 Å². The third-order valence-electron chi connectivity index (χ3n) is 11.8. The second-order valence-electron chi connectivity index (χ2n) is 15.4. The van der Waals surface area contributed by atoms with Gasteiger partial charge >= 0.3 is 12.2 Å². The first-order chi connectivity index (χ1) is 25.1. The number of rotatable bonds is 9. The summed E-state index contributed by atoms with van der Waals surface area (Å²) in [5, 5.41) is 3.17. The van der Waals surface area contributed by atoms with Crippen LogP contribution >= 0.6 is 11.3 Å². The minimum atomic E-state index is -5.02. The molecular formula is C36H42F6N8O2S. The van der Waals surface area contributed by atoms with Gasteiger partial charge in [-0.1, -0.05) is 18.3 Å². The number of anilines is 2. The first kappa shape index (κ1) is 36.3. The fourth-order valence-corrected chi connectivity index (χ4v) is 10.3. The smallest absolute Gasteiger partial charge is 0.417 e. The summed E-state index contributed by atoms with van der Waals surface area (Å²) >= 11 is 0.805. The highest BCUT2D eigenvalue weighted by Crippen LogP contribution is 2.48. The first-order valence-corrected chi connectivity index (χ1v) is 19.0. The van der Waals surface area contributed by atoms with Crippen LogP contribution in [0.1, 0.15) is 69.4 Å². The zero-order valence-corrected chi connectivity index (χ0v) is 30.5. The van der Waals surface area contributed by atoms with Gasteiger partial charge in [0.25, 0.3) is 0 Å². The van der Waals surface area contributed by atoms with Crippen LogP contribution in [0.15, 0.2) is 6.07 Å². The number of carbonyl (C=O) groups excluding carboxylic acids is 1. The first-order valence-electron chi connectivity index (χ1n) is 18.2. The highest BCUT2D eigenvalue weighted by molar-refractivity contribution is 7.13. The van der Waals surface area contributed by atoms with E-state index in [1.54, 1.807) is 14.1 Å². The van der Waals surface area contributed by atoms with Gasteiger partial charge in [-0.3, -0.25) is 9.69 Å². The van der Waals surface area contributed by atoms with Gasteiger partial charge in [0.1, 0.15) is 29.9 Å². The Bertz CT molecular complexity index is 2090. The molecule has 1 aliphatic carbocycles. The Hall–Kier alpha value is -3.70. The van der Waals surface area contributed by atoms with E-state index in [-0.39, 0.29) is 99.8 Å². The number of ether oxygens (including phenoxy) is 1. The molecule has 17 heteroatoms. The van der Waals surface area contributed by atoms with E-state index in [0.717, 1.165) is 36.8 Å². The summed E-state index contributed by atoms with van der Waals surface area (Å²) in [5.74, 6) is -2.58. The molecule has 286 valence electrons. The van der Waals surface area contributed by atoms with Gasteiger partial charge in [-0.05, 0) is 56.2 Å². The highest BCUT2D eigenvalue weighted by atomic mass is 32.1. The van der Waals surface area contributed by atoms with Crippen LogP contribution in [-0.2, 0) is 11.0 Å². The van der Waals surface area contributed by atoms with E-state index in [1.807, 2.05) is 4.90 Å². The van der Waals surface area contributed by atoms with E-state index in [0.29, 0.717) is 25.8 Å². The lowest BCUT2D eigenvalue weighted by atomic mass is 9.84. The average Bonchev–Trinajstić information content (AvgIpc) is 3.90. The molecule has 0 radical (unpaired) electrons. The summed E-state index contributed by atoms with van der Waals surface area (Å²) in [5.41, 5.74) is 2.87. The minimum Gasteiger partial charge on any atom is -0.461 e. The summed E-state index contributed by atoms with van der Waals surface area (Å²) in [6.45, 7) is 2.99. The molecule has 0 spiro atoms. The van der Waals surface area contributed by atoms with Crippen molar-refractivity contribution in [2.75, 3.05) is 51.0 Å². The number of alkyl halides is 4. The molecule has 2 aromatic heterocycles. The number of nitrogens with two attached hydrogens (primary N) is 1. The van der Waals surface area contributed by atoms with Crippen molar-refractivity contribution in [3.63, 3.8) is 0 Å². The molecule has 53 heavy (non-hydrogen) atoms. The van der Waals surface area contributed by atoms with Crippen LogP contribution < -0.4 is 30.6 Å². The molecule has 10 nitrogen and oxygen atoms in total.